The van der Waals surface area contributed by atoms with Crippen LogP contribution in [0.3, 0.4) is 0 Å². The van der Waals surface area contributed by atoms with Crippen molar-refractivity contribution in [2.45, 2.75) is 32.1 Å². The number of anilines is 2. The second-order valence-corrected chi connectivity index (χ2v) is 10.3. The van der Waals surface area contributed by atoms with Gasteiger partial charge in [-0.2, -0.15) is 0 Å². The number of fused-ring (bicyclic) bond motifs is 1. The predicted molar refractivity (Wildman–Crippen MR) is 151 cm³/mol. The van der Waals surface area contributed by atoms with Gasteiger partial charge in [-0.15, -0.1) is 11.8 Å². The predicted octanol–water partition coefficient (Wildman–Crippen LogP) is 5.09. The molecule has 188 valence electrons. The van der Waals surface area contributed by atoms with Crippen LogP contribution in [0.1, 0.15) is 23.4 Å². The third-order valence-corrected chi connectivity index (χ3v) is 7.92. The highest BCUT2D eigenvalue weighted by Crippen LogP contribution is 2.26. The van der Waals surface area contributed by atoms with Crippen LogP contribution in [0.25, 0.3) is 16.9 Å². The van der Waals surface area contributed by atoms with Crippen molar-refractivity contribution in [2.75, 3.05) is 55.7 Å². The molecule has 2 aromatic heterocycles. The minimum Gasteiger partial charge on any atom is -0.369 e. The van der Waals surface area contributed by atoms with Crippen molar-refractivity contribution in [2.24, 2.45) is 0 Å². The lowest BCUT2D eigenvalue weighted by atomic mass is 10.1. The number of hydrogen-bond donors (Lipinski definition) is 1. The SMILES string of the molecule is CSc1ccc(-n2c(C)nc3c(NCCCN4CCN(c5cccc(C)c5C)CC4)ncnc32)cc1. The molecule has 0 unspecified atom stereocenters. The average Bonchev–Trinajstić information content (AvgIpc) is 3.25. The molecule has 36 heavy (non-hydrogen) atoms. The number of nitrogens with zero attached hydrogens (tertiary/aromatic N) is 6. The monoisotopic (exact) mass is 501 g/mol. The molecule has 4 aromatic rings. The number of rotatable bonds is 8. The molecule has 0 atom stereocenters. The molecule has 1 saturated heterocycles. The van der Waals surface area contributed by atoms with Crippen LogP contribution in [0.5, 0.6) is 0 Å². The van der Waals surface area contributed by atoms with Crippen molar-refractivity contribution in [3.8, 4) is 5.69 Å². The van der Waals surface area contributed by atoms with Crippen LogP contribution in [-0.4, -0.2) is 69.9 Å². The average molecular weight is 502 g/mol. The fourth-order valence-electron chi connectivity index (χ4n) is 4.97. The molecule has 3 heterocycles. The molecule has 8 heteroatoms. The molecule has 0 bridgehead atoms. The van der Waals surface area contributed by atoms with Crippen LogP contribution in [0.15, 0.2) is 53.7 Å². The molecular formula is C28H35N7S. The highest BCUT2D eigenvalue weighted by atomic mass is 32.2. The van der Waals surface area contributed by atoms with E-state index in [4.69, 9.17) is 4.98 Å². The largest absolute Gasteiger partial charge is 0.369 e. The first-order valence-electron chi connectivity index (χ1n) is 12.7. The second kappa shape index (κ2) is 10.9. The van der Waals surface area contributed by atoms with E-state index in [1.807, 2.05) is 6.92 Å². The zero-order valence-electron chi connectivity index (χ0n) is 21.7. The van der Waals surface area contributed by atoms with E-state index in [1.54, 1.807) is 18.1 Å². The molecule has 1 fully saturated rings. The van der Waals surface area contributed by atoms with E-state index >= 15 is 0 Å². The van der Waals surface area contributed by atoms with Crippen molar-refractivity contribution in [3.63, 3.8) is 0 Å². The summed E-state index contributed by atoms with van der Waals surface area (Å²) in [5, 5.41) is 3.52. The minimum absolute atomic E-state index is 0.808. The molecule has 0 saturated carbocycles. The molecule has 1 N–H and O–H groups in total. The Bertz CT molecular complexity index is 1320. The highest BCUT2D eigenvalue weighted by molar-refractivity contribution is 7.98. The van der Waals surface area contributed by atoms with Gasteiger partial charge >= 0.3 is 0 Å². The standard InChI is InChI=1S/C28H35N7S/c1-20-7-5-8-25(21(20)2)34-17-15-33(16-18-34)14-6-13-29-27-26-28(31-19-30-27)35(22(3)32-26)23-9-11-24(36-4)12-10-23/h5,7-12,19H,6,13-18H2,1-4H3,(H,29,30,31). The third kappa shape index (κ3) is 5.06. The fraction of sp³-hybridized carbons (Fsp3) is 0.393. The van der Waals surface area contributed by atoms with Crippen LogP contribution in [0, 0.1) is 20.8 Å². The molecule has 0 amide bonds. The maximum Gasteiger partial charge on any atom is 0.170 e. The van der Waals surface area contributed by atoms with Gasteiger partial charge in [-0.05, 0) is 81.5 Å². The van der Waals surface area contributed by atoms with E-state index in [1.165, 1.54) is 21.7 Å². The fourth-order valence-corrected chi connectivity index (χ4v) is 5.38. The Kier molecular flexibility index (Phi) is 7.43. The summed E-state index contributed by atoms with van der Waals surface area (Å²) in [5.74, 6) is 1.72. The first-order valence-corrected chi connectivity index (χ1v) is 13.9. The van der Waals surface area contributed by atoms with Crippen molar-refractivity contribution < 1.29 is 0 Å². The van der Waals surface area contributed by atoms with Gasteiger partial charge < -0.3 is 10.2 Å². The number of hydrogen-bond acceptors (Lipinski definition) is 7. The molecule has 1 aliphatic heterocycles. The smallest absolute Gasteiger partial charge is 0.170 e. The number of nitrogens with one attached hydrogen (secondary N) is 1. The molecule has 0 radical (unpaired) electrons. The van der Waals surface area contributed by atoms with Crippen LogP contribution in [0.4, 0.5) is 11.5 Å². The van der Waals surface area contributed by atoms with Gasteiger partial charge in [0.1, 0.15) is 12.2 Å². The van der Waals surface area contributed by atoms with Gasteiger partial charge in [0, 0.05) is 49.0 Å². The Balaban J connectivity index is 1.17. The Labute approximate surface area is 218 Å². The summed E-state index contributed by atoms with van der Waals surface area (Å²) in [7, 11) is 0. The molecule has 0 aliphatic carbocycles. The Hall–Kier alpha value is -3.10. The molecule has 5 rings (SSSR count). The minimum atomic E-state index is 0.808. The second-order valence-electron chi connectivity index (χ2n) is 9.41. The number of imidazole rings is 1. The van der Waals surface area contributed by atoms with E-state index < -0.39 is 0 Å². The van der Waals surface area contributed by atoms with E-state index in [2.05, 4.69) is 92.2 Å². The summed E-state index contributed by atoms with van der Waals surface area (Å²) in [6.45, 7) is 12.8. The number of aryl methyl sites for hydroxylation is 2. The summed E-state index contributed by atoms with van der Waals surface area (Å²) < 4.78 is 2.10. The molecule has 1 aliphatic rings. The molecule has 2 aromatic carbocycles. The van der Waals surface area contributed by atoms with Gasteiger partial charge in [-0.3, -0.25) is 9.47 Å². The van der Waals surface area contributed by atoms with Gasteiger partial charge in [0.2, 0.25) is 0 Å². The Morgan fingerprint density at radius 3 is 2.47 bits per heavy atom. The van der Waals surface area contributed by atoms with E-state index in [0.29, 0.717) is 0 Å². The number of thioether (sulfide) groups is 1. The first kappa shape index (κ1) is 24.6. The van der Waals surface area contributed by atoms with Crippen molar-refractivity contribution >= 4 is 34.4 Å². The molecule has 0 spiro atoms. The first-order chi connectivity index (χ1) is 17.5. The number of aromatic nitrogens is 4. The summed E-state index contributed by atoms with van der Waals surface area (Å²) >= 11 is 1.74. The number of piperazine rings is 1. The van der Waals surface area contributed by atoms with Gasteiger partial charge in [0.15, 0.2) is 17.0 Å². The van der Waals surface area contributed by atoms with Gasteiger partial charge in [0.25, 0.3) is 0 Å². The topological polar surface area (TPSA) is 62.1 Å². The lowest BCUT2D eigenvalue weighted by molar-refractivity contribution is 0.257. The van der Waals surface area contributed by atoms with Gasteiger partial charge in [-0.1, -0.05) is 12.1 Å². The van der Waals surface area contributed by atoms with Crippen molar-refractivity contribution in [1.82, 2.24) is 24.4 Å². The summed E-state index contributed by atoms with van der Waals surface area (Å²) in [5.41, 5.74) is 6.89. The van der Waals surface area contributed by atoms with Crippen LogP contribution in [-0.2, 0) is 0 Å². The Morgan fingerprint density at radius 2 is 1.72 bits per heavy atom. The van der Waals surface area contributed by atoms with Crippen LogP contribution < -0.4 is 10.2 Å². The van der Waals surface area contributed by atoms with E-state index in [0.717, 1.165) is 74.2 Å². The lowest BCUT2D eigenvalue weighted by Crippen LogP contribution is -2.47. The lowest BCUT2D eigenvalue weighted by Gasteiger charge is -2.37. The highest BCUT2D eigenvalue weighted by Gasteiger charge is 2.19. The molecule has 7 nitrogen and oxygen atoms in total. The van der Waals surface area contributed by atoms with Gasteiger partial charge in [0.05, 0.1) is 0 Å². The zero-order valence-corrected chi connectivity index (χ0v) is 22.5. The summed E-state index contributed by atoms with van der Waals surface area (Å²) in [4.78, 5) is 20.2. The maximum atomic E-state index is 4.81. The molecular weight excluding hydrogens is 466 g/mol. The van der Waals surface area contributed by atoms with Crippen molar-refractivity contribution in [3.05, 3.63) is 65.7 Å². The van der Waals surface area contributed by atoms with Crippen molar-refractivity contribution in [1.29, 1.82) is 0 Å². The third-order valence-electron chi connectivity index (χ3n) is 7.18. The normalized spacial score (nSPS) is 14.5. The summed E-state index contributed by atoms with van der Waals surface area (Å²) in [6.07, 6.45) is 4.78. The maximum absolute atomic E-state index is 4.81. The van der Waals surface area contributed by atoms with Crippen LogP contribution in [0.2, 0.25) is 0 Å². The quantitative estimate of drug-likeness (QED) is 0.267. The number of benzene rings is 2. The zero-order chi connectivity index (χ0) is 25.1. The van der Waals surface area contributed by atoms with E-state index in [9.17, 15) is 0 Å². The van der Waals surface area contributed by atoms with Crippen LogP contribution >= 0.6 is 11.8 Å². The summed E-state index contributed by atoms with van der Waals surface area (Å²) in [6, 6.07) is 15.1. The van der Waals surface area contributed by atoms with Gasteiger partial charge in [-0.25, -0.2) is 15.0 Å². The Morgan fingerprint density at radius 1 is 0.944 bits per heavy atom. The van der Waals surface area contributed by atoms with E-state index in [-0.39, 0.29) is 0 Å².